The van der Waals surface area contributed by atoms with Gasteiger partial charge in [0, 0.05) is 24.2 Å². The monoisotopic (exact) mass is 362 g/mol. The molecule has 1 aromatic heterocycles. The number of piperidine rings is 1. The number of hydrogen-bond donors (Lipinski definition) is 1. The molecule has 1 aliphatic rings. The van der Waals surface area contributed by atoms with Crippen molar-refractivity contribution < 1.29 is 9.90 Å². The third kappa shape index (κ3) is 3.50. The second-order valence-corrected chi connectivity index (χ2v) is 7.70. The van der Waals surface area contributed by atoms with Crippen LogP contribution in [0.5, 0.6) is 0 Å². The number of carboxylic acid groups (broad SMARTS) is 1. The zero-order chi connectivity index (χ0) is 19.0. The molecule has 0 radical (unpaired) electrons. The summed E-state index contributed by atoms with van der Waals surface area (Å²) in [6.45, 7) is 6.18. The Morgan fingerprint density at radius 3 is 2.81 bits per heavy atom. The molecule has 0 saturated carbocycles. The van der Waals surface area contributed by atoms with Gasteiger partial charge in [0.05, 0.1) is 17.7 Å². The number of aromatic nitrogens is 1. The van der Waals surface area contributed by atoms with Crippen molar-refractivity contribution in [1.82, 2.24) is 9.47 Å². The quantitative estimate of drug-likeness (QED) is 0.699. The van der Waals surface area contributed by atoms with Gasteiger partial charge in [0.15, 0.2) is 0 Å². The van der Waals surface area contributed by atoms with Crippen LogP contribution in [0.3, 0.4) is 0 Å². The van der Waals surface area contributed by atoms with Crippen LogP contribution in [0.15, 0.2) is 48.7 Å². The molecular weight excluding hydrogens is 336 g/mol. The molecule has 27 heavy (non-hydrogen) atoms. The molecule has 2 heterocycles. The van der Waals surface area contributed by atoms with Gasteiger partial charge in [-0.1, -0.05) is 30.2 Å². The van der Waals surface area contributed by atoms with Gasteiger partial charge in [-0.05, 0) is 62.1 Å². The second kappa shape index (κ2) is 7.20. The summed E-state index contributed by atoms with van der Waals surface area (Å²) < 4.78 is 2.34. The van der Waals surface area contributed by atoms with E-state index in [0.717, 1.165) is 25.2 Å². The highest BCUT2D eigenvalue weighted by Crippen LogP contribution is 2.33. The number of hydrogen-bond acceptors (Lipinski definition) is 2. The SMILES string of the molecule is Cc1cc(C)c2c(ccn2CN2CCCCC2c2cccc(C(=O)O)c2)c1. The highest BCUT2D eigenvalue weighted by molar-refractivity contribution is 5.87. The summed E-state index contributed by atoms with van der Waals surface area (Å²) in [6.07, 6.45) is 5.62. The first-order chi connectivity index (χ1) is 13.0. The van der Waals surface area contributed by atoms with Crippen LogP contribution in [0, 0.1) is 13.8 Å². The van der Waals surface area contributed by atoms with E-state index in [-0.39, 0.29) is 6.04 Å². The first kappa shape index (κ1) is 17.8. The van der Waals surface area contributed by atoms with Crippen molar-refractivity contribution in [3.63, 3.8) is 0 Å². The van der Waals surface area contributed by atoms with Gasteiger partial charge in [-0.25, -0.2) is 4.79 Å². The zero-order valence-electron chi connectivity index (χ0n) is 16.0. The molecule has 0 aliphatic carbocycles. The summed E-state index contributed by atoms with van der Waals surface area (Å²) in [5.74, 6) is -0.860. The van der Waals surface area contributed by atoms with Crippen LogP contribution in [0.25, 0.3) is 10.9 Å². The summed E-state index contributed by atoms with van der Waals surface area (Å²) in [7, 11) is 0. The van der Waals surface area contributed by atoms with Crippen LogP contribution in [0.1, 0.15) is 52.4 Å². The van der Waals surface area contributed by atoms with E-state index >= 15 is 0 Å². The van der Waals surface area contributed by atoms with Crippen molar-refractivity contribution in [3.05, 3.63) is 70.9 Å². The summed E-state index contributed by atoms with van der Waals surface area (Å²) in [5.41, 5.74) is 5.37. The maximum atomic E-state index is 11.4. The Bertz CT molecular complexity index is 989. The second-order valence-electron chi connectivity index (χ2n) is 7.70. The van der Waals surface area contributed by atoms with Gasteiger partial charge in [-0.15, -0.1) is 0 Å². The molecule has 1 unspecified atom stereocenters. The normalized spacial score (nSPS) is 18.1. The molecule has 0 spiro atoms. The van der Waals surface area contributed by atoms with Gasteiger partial charge < -0.3 is 9.67 Å². The number of fused-ring (bicyclic) bond motifs is 1. The van der Waals surface area contributed by atoms with Crippen molar-refractivity contribution in [2.45, 2.75) is 45.8 Å². The minimum atomic E-state index is -0.860. The summed E-state index contributed by atoms with van der Waals surface area (Å²) in [6, 6.07) is 14.4. The van der Waals surface area contributed by atoms with Crippen LogP contribution in [-0.2, 0) is 6.67 Å². The summed E-state index contributed by atoms with van der Waals surface area (Å²) in [4.78, 5) is 13.9. The van der Waals surface area contributed by atoms with Crippen LogP contribution < -0.4 is 0 Å². The van der Waals surface area contributed by atoms with E-state index in [4.69, 9.17) is 0 Å². The van der Waals surface area contributed by atoms with E-state index in [1.807, 2.05) is 12.1 Å². The highest BCUT2D eigenvalue weighted by Gasteiger charge is 2.25. The molecule has 1 N–H and O–H groups in total. The third-order valence-corrected chi connectivity index (χ3v) is 5.66. The zero-order valence-corrected chi connectivity index (χ0v) is 16.0. The fraction of sp³-hybridized carbons (Fsp3) is 0.348. The first-order valence-corrected chi connectivity index (χ1v) is 9.66. The van der Waals surface area contributed by atoms with Gasteiger partial charge in [0.2, 0.25) is 0 Å². The Hall–Kier alpha value is -2.59. The first-order valence-electron chi connectivity index (χ1n) is 9.66. The van der Waals surface area contributed by atoms with Crippen molar-refractivity contribution in [2.24, 2.45) is 0 Å². The molecule has 0 amide bonds. The molecule has 140 valence electrons. The molecule has 1 aliphatic heterocycles. The van der Waals surface area contributed by atoms with Crippen molar-refractivity contribution in [3.8, 4) is 0 Å². The number of aryl methyl sites for hydroxylation is 2. The van der Waals surface area contributed by atoms with E-state index in [0.29, 0.717) is 5.56 Å². The Morgan fingerprint density at radius 2 is 2.00 bits per heavy atom. The number of carboxylic acids is 1. The number of likely N-dealkylation sites (tertiary alicyclic amines) is 1. The van der Waals surface area contributed by atoms with Gasteiger partial charge in [-0.2, -0.15) is 0 Å². The van der Waals surface area contributed by atoms with Crippen LogP contribution in [-0.4, -0.2) is 27.1 Å². The highest BCUT2D eigenvalue weighted by atomic mass is 16.4. The van der Waals surface area contributed by atoms with Gasteiger partial charge in [0.25, 0.3) is 0 Å². The largest absolute Gasteiger partial charge is 0.478 e. The van der Waals surface area contributed by atoms with E-state index in [9.17, 15) is 9.90 Å². The van der Waals surface area contributed by atoms with Crippen LogP contribution >= 0.6 is 0 Å². The third-order valence-electron chi connectivity index (χ3n) is 5.66. The molecule has 4 rings (SSSR count). The molecule has 0 bridgehead atoms. The number of aromatic carboxylic acids is 1. The molecule has 4 nitrogen and oxygen atoms in total. The van der Waals surface area contributed by atoms with E-state index in [1.54, 1.807) is 6.07 Å². The lowest BCUT2D eigenvalue weighted by atomic mass is 9.94. The predicted molar refractivity (Wildman–Crippen MR) is 108 cm³/mol. The molecule has 3 aromatic rings. The Balaban J connectivity index is 1.66. The van der Waals surface area contributed by atoms with Crippen molar-refractivity contribution in [2.75, 3.05) is 6.54 Å². The standard InChI is InChI=1S/C23H26N2O2/c1-16-12-17(2)22-19(13-16)9-11-25(22)15-24-10-4-3-8-21(24)18-6-5-7-20(14-18)23(26)27/h5-7,9,11-14,21H,3-4,8,10,15H2,1-2H3,(H,26,27). The Labute approximate surface area is 160 Å². The maximum absolute atomic E-state index is 11.4. The van der Waals surface area contributed by atoms with Crippen molar-refractivity contribution in [1.29, 1.82) is 0 Å². The lowest BCUT2D eigenvalue weighted by molar-refractivity contribution is 0.0696. The fourth-order valence-corrected chi connectivity index (χ4v) is 4.49. The minimum Gasteiger partial charge on any atom is -0.478 e. The van der Waals surface area contributed by atoms with Crippen LogP contribution in [0.2, 0.25) is 0 Å². The molecule has 2 aromatic carbocycles. The van der Waals surface area contributed by atoms with E-state index in [1.165, 1.54) is 34.9 Å². The van der Waals surface area contributed by atoms with Gasteiger partial charge in [0.1, 0.15) is 0 Å². The van der Waals surface area contributed by atoms with Crippen LogP contribution in [0.4, 0.5) is 0 Å². The Kier molecular flexibility index (Phi) is 4.75. The van der Waals surface area contributed by atoms with Gasteiger partial charge in [-0.3, -0.25) is 4.90 Å². The summed E-state index contributed by atoms with van der Waals surface area (Å²) >= 11 is 0. The smallest absolute Gasteiger partial charge is 0.335 e. The van der Waals surface area contributed by atoms with E-state index < -0.39 is 5.97 Å². The molecule has 1 atom stereocenters. The van der Waals surface area contributed by atoms with E-state index in [2.05, 4.69) is 53.8 Å². The lowest BCUT2D eigenvalue weighted by Gasteiger charge is -2.36. The number of nitrogens with zero attached hydrogens (tertiary/aromatic N) is 2. The molecule has 1 fully saturated rings. The minimum absolute atomic E-state index is 0.265. The number of benzene rings is 2. The average Bonchev–Trinajstić information content (AvgIpc) is 3.05. The maximum Gasteiger partial charge on any atom is 0.335 e. The summed E-state index contributed by atoms with van der Waals surface area (Å²) in [5, 5.41) is 10.6. The van der Waals surface area contributed by atoms with Crippen molar-refractivity contribution >= 4 is 16.9 Å². The lowest BCUT2D eigenvalue weighted by Crippen LogP contribution is -2.35. The topological polar surface area (TPSA) is 45.5 Å². The number of carbonyl (C=O) groups is 1. The Morgan fingerprint density at radius 1 is 1.15 bits per heavy atom. The fourth-order valence-electron chi connectivity index (χ4n) is 4.49. The average molecular weight is 362 g/mol. The van der Waals surface area contributed by atoms with Gasteiger partial charge >= 0.3 is 5.97 Å². The predicted octanol–water partition coefficient (Wildman–Crippen LogP) is 5.14. The molecule has 1 saturated heterocycles. The number of rotatable bonds is 4. The molecular formula is C23H26N2O2. The molecule has 4 heteroatoms.